The first-order chi connectivity index (χ1) is 16.1. The van der Waals surface area contributed by atoms with Gasteiger partial charge in [0.15, 0.2) is 5.57 Å². The van der Waals surface area contributed by atoms with E-state index in [1.165, 1.54) is 18.2 Å². The van der Waals surface area contributed by atoms with E-state index in [-0.39, 0.29) is 0 Å². The Morgan fingerprint density at radius 1 is 1.12 bits per heavy atom. The zero-order chi connectivity index (χ0) is 24.6. The number of pyridine rings is 1. The first-order valence-corrected chi connectivity index (χ1v) is 13.5. The minimum atomic E-state index is -2.55. The molecule has 0 saturated heterocycles. The summed E-state index contributed by atoms with van der Waals surface area (Å²) in [5.74, 6) is -0.410. The number of fused-ring (bicyclic) bond motifs is 1. The number of halogens is 2. The molecule has 0 amide bonds. The van der Waals surface area contributed by atoms with E-state index < -0.39 is 19.0 Å². The van der Waals surface area contributed by atoms with Crippen molar-refractivity contribution < 1.29 is 8.96 Å². The summed E-state index contributed by atoms with van der Waals surface area (Å²) >= 11 is 6.64. The third kappa shape index (κ3) is 4.65. The Morgan fingerprint density at radius 3 is 2.47 bits per heavy atom. The number of nitriles is 1. The van der Waals surface area contributed by atoms with Crippen LogP contribution in [0.4, 0.5) is 10.1 Å². The van der Waals surface area contributed by atoms with Crippen molar-refractivity contribution in [2.45, 2.75) is 19.9 Å². The van der Waals surface area contributed by atoms with Crippen molar-refractivity contribution in [3.63, 3.8) is 0 Å². The highest BCUT2D eigenvalue weighted by Gasteiger charge is 2.18. The van der Waals surface area contributed by atoms with Crippen molar-refractivity contribution in [3.8, 4) is 17.2 Å². The van der Waals surface area contributed by atoms with E-state index >= 15 is 0 Å². The molecule has 0 fully saturated rings. The number of hydrogen-bond acceptors (Lipinski definition) is 6. The number of aromatic nitrogens is 3. The van der Waals surface area contributed by atoms with Crippen LogP contribution in [0.15, 0.2) is 48.8 Å². The van der Waals surface area contributed by atoms with Crippen LogP contribution in [0.1, 0.15) is 29.8 Å². The van der Waals surface area contributed by atoms with Crippen LogP contribution >= 0.6 is 18.7 Å². The van der Waals surface area contributed by atoms with Gasteiger partial charge in [-0.2, -0.15) is 5.26 Å². The van der Waals surface area contributed by atoms with E-state index in [2.05, 4.69) is 20.3 Å². The van der Waals surface area contributed by atoms with Gasteiger partial charge < -0.3 is 9.88 Å². The van der Waals surface area contributed by atoms with Gasteiger partial charge >= 0.3 is 0 Å². The Balaban J connectivity index is 1.79. The molecule has 172 valence electrons. The van der Waals surface area contributed by atoms with E-state index in [1.54, 1.807) is 25.7 Å². The molecule has 6 nitrogen and oxygen atoms in total. The number of nitrogens with zero attached hydrogens (tertiary/aromatic N) is 4. The fourth-order valence-electron chi connectivity index (χ4n) is 3.67. The minimum absolute atomic E-state index is 0.329. The van der Waals surface area contributed by atoms with E-state index in [0.29, 0.717) is 33.1 Å². The molecular formula is C25H22ClFN5OP. The molecule has 0 saturated carbocycles. The second-order valence-corrected chi connectivity index (χ2v) is 11.9. The first kappa shape index (κ1) is 23.8. The van der Waals surface area contributed by atoms with Crippen LogP contribution in [0.2, 0.25) is 5.02 Å². The fourth-order valence-corrected chi connectivity index (χ4v) is 4.54. The SMILES string of the molecule is Cc1nc2ccc(-c3cnc(P(C)(C)=O)nc3)cc2c(NC(C)c2cc(C#N)ccc2F)c1Cl. The molecule has 1 N–H and O–H groups in total. The van der Waals surface area contributed by atoms with Crippen molar-refractivity contribution in [1.82, 2.24) is 15.0 Å². The number of aryl methyl sites for hydroxylation is 1. The van der Waals surface area contributed by atoms with Crippen LogP contribution in [0.5, 0.6) is 0 Å². The summed E-state index contributed by atoms with van der Waals surface area (Å²) in [5.41, 5.74) is 4.62. The number of nitrogens with one attached hydrogen (secondary N) is 1. The number of benzene rings is 2. The molecule has 0 bridgehead atoms. The van der Waals surface area contributed by atoms with Gasteiger partial charge in [0.25, 0.3) is 0 Å². The molecule has 34 heavy (non-hydrogen) atoms. The third-order valence-electron chi connectivity index (χ3n) is 5.50. The Bertz CT molecular complexity index is 1490. The maximum absolute atomic E-state index is 14.5. The summed E-state index contributed by atoms with van der Waals surface area (Å²) < 4.78 is 26.8. The smallest absolute Gasteiger partial charge is 0.188 e. The summed E-state index contributed by atoms with van der Waals surface area (Å²) in [6.07, 6.45) is 3.29. The van der Waals surface area contributed by atoms with Gasteiger partial charge in [0, 0.05) is 28.9 Å². The molecule has 9 heteroatoms. The zero-order valence-electron chi connectivity index (χ0n) is 19.1. The lowest BCUT2D eigenvalue weighted by Gasteiger charge is -2.20. The van der Waals surface area contributed by atoms with Crippen molar-refractivity contribution in [1.29, 1.82) is 5.26 Å². The molecule has 4 rings (SSSR count). The van der Waals surface area contributed by atoms with Crippen LogP contribution in [0, 0.1) is 24.1 Å². The van der Waals surface area contributed by atoms with Gasteiger partial charge in [0.1, 0.15) is 13.0 Å². The van der Waals surface area contributed by atoms with Gasteiger partial charge in [-0.1, -0.05) is 17.7 Å². The van der Waals surface area contributed by atoms with Gasteiger partial charge in [0.2, 0.25) is 0 Å². The average molecular weight is 494 g/mol. The first-order valence-electron chi connectivity index (χ1n) is 10.5. The lowest BCUT2D eigenvalue weighted by atomic mass is 10.0. The maximum Gasteiger partial charge on any atom is 0.188 e. The average Bonchev–Trinajstić information content (AvgIpc) is 2.81. The van der Waals surface area contributed by atoms with Crippen molar-refractivity contribution >= 4 is 40.9 Å². The second kappa shape index (κ2) is 9.13. The van der Waals surface area contributed by atoms with Gasteiger partial charge in [-0.05, 0) is 63.1 Å². The summed E-state index contributed by atoms with van der Waals surface area (Å²) in [4.78, 5) is 13.1. The van der Waals surface area contributed by atoms with E-state index in [1.807, 2.05) is 38.1 Å². The summed E-state index contributed by atoms with van der Waals surface area (Å²) in [6.45, 7) is 6.87. The molecule has 1 atom stereocenters. The van der Waals surface area contributed by atoms with Crippen LogP contribution in [0.3, 0.4) is 0 Å². The van der Waals surface area contributed by atoms with Gasteiger partial charge in [0.05, 0.1) is 39.6 Å². The second-order valence-electron chi connectivity index (χ2n) is 8.45. The fraction of sp³-hybridized carbons (Fsp3) is 0.200. The standard InChI is InChI=1S/C25H22ClFN5OP/c1-14(19-9-16(11-28)5-7-21(19)27)32-24-20-10-17(6-8-22(20)31-15(2)23(24)26)18-12-29-25(30-13-18)34(3,4)33/h5-10,12-14H,1-4H3,(H,31,32). The molecule has 0 aliphatic heterocycles. The predicted octanol–water partition coefficient (Wildman–Crippen LogP) is 6.09. The van der Waals surface area contributed by atoms with Crippen molar-refractivity contribution in [2.75, 3.05) is 18.6 Å². The Labute approximate surface area is 202 Å². The van der Waals surface area contributed by atoms with Crippen LogP contribution in [-0.4, -0.2) is 28.3 Å². The summed E-state index contributed by atoms with van der Waals surface area (Å²) in [7, 11) is -2.55. The molecule has 0 radical (unpaired) electrons. The predicted molar refractivity (Wildman–Crippen MR) is 135 cm³/mol. The number of hydrogen-bond donors (Lipinski definition) is 1. The molecule has 4 aromatic rings. The minimum Gasteiger partial charge on any atom is -0.377 e. The molecule has 0 aliphatic rings. The number of anilines is 1. The number of rotatable bonds is 5. The quantitative estimate of drug-likeness (QED) is 0.338. The highest BCUT2D eigenvalue weighted by Crippen LogP contribution is 2.37. The summed E-state index contributed by atoms with van der Waals surface area (Å²) in [5, 5.41) is 13.7. The van der Waals surface area contributed by atoms with Gasteiger partial charge in [-0.15, -0.1) is 0 Å². The van der Waals surface area contributed by atoms with E-state index in [9.17, 15) is 14.2 Å². The Morgan fingerprint density at radius 2 is 1.82 bits per heavy atom. The highest BCUT2D eigenvalue weighted by atomic mass is 35.5. The molecule has 2 aromatic heterocycles. The monoisotopic (exact) mass is 493 g/mol. The summed E-state index contributed by atoms with van der Waals surface area (Å²) in [6, 6.07) is 11.5. The van der Waals surface area contributed by atoms with E-state index in [4.69, 9.17) is 11.6 Å². The van der Waals surface area contributed by atoms with Gasteiger partial charge in [-0.25, -0.2) is 14.4 Å². The van der Waals surface area contributed by atoms with Crippen LogP contribution in [0.25, 0.3) is 22.0 Å². The maximum atomic E-state index is 14.5. The molecule has 2 heterocycles. The molecule has 0 spiro atoms. The van der Waals surface area contributed by atoms with Gasteiger partial charge in [-0.3, -0.25) is 4.98 Å². The zero-order valence-corrected chi connectivity index (χ0v) is 20.7. The Hall–Kier alpha value is -3.33. The van der Waals surface area contributed by atoms with Crippen molar-refractivity contribution in [2.24, 2.45) is 0 Å². The topological polar surface area (TPSA) is 91.6 Å². The van der Waals surface area contributed by atoms with E-state index in [0.717, 1.165) is 22.0 Å². The molecular weight excluding hydrogens is 472 g/mol. The normalized spacial score (nSPS) is 12.4. The van der Waals surface area contributed by atoms with Crippen LogP contribution in [-0.2, 0) is 4.57 Å². The molecule has 2 aromatic carbocycles. The van der Waals surface area contributed by atoms with Crippen LogP contribution < -0.4 is 10.9 Å². The largest absolute Gasteiger partial charge is 0.377 e. The molecule has 0 aliphatic carbocycles. The van der Waals surface area contributed by atoms with Crippen molar-refractivity contribution in [3.05, 3.63) is 76.5 Å². The Kier molecular flexibility index (Phi) is 6.40. The lowest BCUT2D eigenvalue weighted by molar-refractivity contribution is 0.587. The highest BCUT2D eigenvalue weighted by molar-refractivity contribution is 7.69. The third-order valence-corrected chi connectivity index (χ3v) is 7.15. The lowest BCUT2D eigenvalue weighted by Crippen LogP contribution is -2.12. The molecule has 1 unspecified atom stereocenters.